The number of ketones is 1. The number of carbonyl (C=O) groups is 2. The zero-order valence-corrected chi connectivity index (χ0v) is 16.8. The average Bonchev–Trinajstić information content (AvgIpc) is 2.77. The van der Waals surface area contributed by atoms with Gasteiger partial charge in [-0.1, -0.05) is 24.3 Å². The van der Waals surface area contributed by atoms with Crippen molar-refractivity contribution in [3.05, 3.63) is 106 Å². The molecule has 0 atom stereocenters. The molecule has 0 spiro atoms. The Morgan fingerprint density at radius 1 is 1.00 bits per heavy atom. The van der Waals surface area contributed by atoms with Gasteiger partial charge in [-0.25, -0.2) is 9.18 Å². The molecule has 4 rings (SSSR count). The Morgan fingerprint density at radius 2 is 1.74 bits per heavy atom. The van der Waals surface area contributed by atoms with E-state index < -0.39 is 5.97 Å². The molecule has 1 N–H and O–H groups in total. The Bertz CT molecular complexity index is 1150. The third-order valence-corrected chi connectivity index (χ3v) is 5.35. The first-order chi connectivity index (χ1) is 15.0. The Morgan fingerprint density at radius 3 is 2.45 bits per heavy atom. The van der Waals surface area contributed by atoms with E-state index in [2.05, 4.69) is 0 Å². The van der Waals surface area contributed by atoms with Crippen LogP contribution in [0, 0.1) is 5.82 Å². The highest BCUT2D eigenvalue weighted by Crippen LogP contribution is 2.29. The molecule has 0 unspecified atom stereocenters. The highest BCUT2D eigenvalue weighted by molar-refractivity contribution is 6.13. The van der Waals surface area contributed by atoms with E-state index in [1.54, 1.807) is 36.4 Å². The molecule has 0 bridgehead atoms. The number of carboxylic acids is 1. The fraction of sp³-hybridized carbons (Fsp3) is 0.154. The van der Waals surface area contributed by atoms with Crippen LogP contribution in [0.1, 0.15) is 43.8 Å². The van der Waals surface area contributed by atoms with Gasteiger partial charge in [-0.3, -0.25) is 4.79 Å². The number of hydrogen-bond donors (Lipinski definition) is 1. The fourth-order valence-electron chi connectivity index (χ4n) is 3.64. The van der Waals surface area contributed by atoms with Crippen LogP contribution in [-0.2, 0) is 12.8 Å². The first-order valence-electron chi connectivity index (χ1n) is 10.1. The number of aryl methyl sites for hydroxylation is 1. The quantitative estimate of drug-likeness (QED) is 0.550. The minimum Gasteiger partial charge on any atom is -0.493 e. The number of ether oxygens (including phenoxy) is 1. The van der Waals surface area contributed by atoms with Gasteiger partial charge in [0.25, 0.3) is 0 Å². The van der Waals surface area contributed by atoms with Crippen LogP contribution in [0.15, 0.2) is 72.3 Å². The molecule has 0 fully saturated rings. The van der Waals surface area contributed by atoms with E-state index in [1.165, 1.54) is 24.3 Å². The summed E-state index contributed by atoms with van der Waals surface area (Å²) in [7, 11) is 0. The second-order valence-electron chi connectivity index (χ2n) is 7.47. The van der Waals surface area contributed by atoms with E-state index in [0.29, 0.717) is 36.3 Å². The van der Waals surface area contributed by atoms with Crippen molar-refractivity contribution in [2.24, 2.45) is 0 Å². The van der Waals surface area contributed by atoms with Crippen molar-refractivity contribution in [3.63, 3.8) is 0 Å². The molecule has 31 heavy (non-hydrogen) atoms. The van der Waals surface area contributed by atoms with Gasteiger partial charge in [0.05, 0.1) is 12.2 Å². The number of allylic oxidation sites excluding steroid dienone is 1. The molecule has 4 nitrogen and oxygen atoms in total. The van der Waals surface area contributed by atoms with E-state index in [9.17, 15) is 14.0 Å². The Hall–Kier alpha value is -3.73. The van der Waals surface area contributed by atoms with Gasteiger partial charge in [-0.2, -0.15) is 0 Å². The highest BCUT2D eigenvalue weighted by Gasteiger charge is 2.22. The van der Waals surface area contributed by atoms with Crippen LogP contribution < -0.4 is 4.74 Å². The van der Waals surface area contributed by atoms with Crippen molar-refractivity contribution >= 4 is 17.8 Å². The first-order valence-corrected chi connectivity index (χ1v) is 10.1. The highest BCUT2D eigenvalue weighted by atomic mass is 19.1. The lowest BCUT2D eigenvalue weighted by molar-refractivity contribution is 0.0696. The lowest BCUT2D eigenvalue weighted by Gasteiger charge is -2.19. The largest absolute Gasteiger partial charge is 0.493 e. The monoisotopic (exact) mass is 416 g/mol. The maximum Gasteiger partial charge on any atom is 0.335 e. The van der Waals surface area contributed by atoms with Crippen molar-refractivity contribution in [2.45, 2.75) is 19.3 Å². The van der Waals surface area contributed by atoms with Gasteiger partial charge in [0, 0.05) is 17.6 Å². The molecule has 1 aliphatic rings. The number of Topliss-reactive ketones (excluding diaryl/α,β-unsaturated/α-hetero) is 1. The maximum atomic E-state index is 13.0. The van der Waals surface area contributed by atoms with Gasteiger partial charge in [0.2, 0.25) is 0 Å². The number of carboxylic acid groups (broad SMARTS) is 1. The number of benzene rings is 3. The Balaban J connectivity index is 1.42. The second-order valence-corrected chi connectivity index (χ2v) is 7.47. The summed E-state index contributed by atoms with van der Waals surface area (Å²) in [4.78, 5) is 23.9. The second kappa shape index (κ2) is 8.96. The lowest BCUT2D eigenvalue weighted by Crippen LogP contribution is -2.14. The molecule has 3 aromatic carbocycles. The minimum atomic E-state index is -0.974. The summed E-state index contributed by atoms with van der Waals surface area (Å²) in [6, 6.07) is 18.3. The molecule has 0 aliphatic heterocycles. The summed E-state index contributed by atoms with van der Waals surface area (Å²) in [6.45, 7) is 0.468. The molecule has 1 aliphatic carbocycles. The van der Waals surface area contributed by atoms with Crippen LogP contribution >= 0.6 is 0 Å². The molecule has 3 aromatic rings. The molecule has 156 valence electrons. The molecule has 0 heterocycles. The normalized spacial score (nSPS) is 14.4. The number of halogens is 1. The van der Waals surface area contributed by atoms with Gasteiger partial charge < -0.3 is 9.84 Å². The fourth-order valence-corrected chi connectivity index (χ4v) is 3.64. The van der Waals surface area contributed by atoms with Crippen LogP contribution in [0.4, 0.5) is 4.39 Å². The summed E-state index contributed by atoms with van der Waals surface area (Å²) >= 11 is 0. The summed E-state index contributed by atoms with van der Waals surface area (Å²) < 4.78 is 18.8. The molecule has 0 saturated heterocycles. The van der Waals surface area contributed by atoms with Crippen LogP contribution in [0.3, 0.4) is 0 Å². The molecule has 5 heteroatoms. The molecular formula is C26H21FO4. The topological polar surface area (TPSA) is 63.6 Å². The molecule has 0 amide bonds. The van der Waals surface area contributed by atoms with Crippen molar-refractivity contribution in [2.75, 3.05) is 6.61 Å². The Labute approximate surface area is 179 Å². The predicted octanol–water partition coefficient (Wildman–Crippen LogP) is 5.36. The zero-order valence-electron chi connectivity index (χ0n) is 16.8. The summed E-state index contributed by atoms with van der Waals surface area (Å²) in [6.07, 6.45) is 3.84. The summed E-state index contributed by atoms with van der Waals surface area (Å²) in [5.41, 5.74) is 4.36. The van der Waals surface area contributed by atoms with E-state index in [1.807, 2.05) is 12.1 Å². The van der Waals surface area contributed by atoms with Crippen molar-refractivity contribution in [1.82, 2.24) is 0 Å². The summed E-state index contributed by atoms with van der Waals surface area (Å²) in [5, 5.41) is 9.00. The predicted molar refractivity (Wildman–Crippen MR) is 116 cm³/mol. The van der Waals surface area contributed by atoms with E-state index in [4.69, 9.17) is 9.84 Å². The number of fused-ring (bicyclic) bond motifs is 1. The average molecular weight is 416 g/mol. The van der Waals surface area contributed by atoms with Crippen LogP contribution in [0.2, 0.25) is 0 Å². The third kappa shape index (κ3) is 4.89. The van der Waals surface area contributed by atoms with Gasteiger partial charge in [-0.05, 0) is 78.1 Å². The van der Waals surface area contributed by atoms with E-state index >= 15 is 0 Å². The molecule has 0 radical (unpaired) electrons. The van der Waals surface area contributed by atoms with Gasteiger partial charge >= 0.3 is 5.97 Å². The van der Waals surface area contributed by atoms with Crippen LogP contribution in [-0.4, -0.2) is 23.5 Å². The van der Waals surface area contributed by atoms with E-state index in [0.717, 1.165) is 23.1 Å². The van der Waals surface area contributed by atoms with Gasteiger partial charge in [0.1, 0.15) is 11.6 Å². The third-order valence-electron chi connectivity index (χ3n) is 5.35. The minimum absolute atomic E-state index is 0.0126. The molecular weight excluding hydrogens is 395 g/mol. The van der Waals surface area contributed by atoms with Crippen molar-refractivity contribution in [3.8, 4) is 5.75 Å². The first kappa shape index (κ1) is 20.5. The summed E-state index contributed by atoms with van der Waals surface area (Å²) in [5.74, 6) is -0.529. The number of aromatic carboxylic acids is 1. The number of carbonyl (C=O) groups excluding carboxylic acids is 1. The smallest absolute Gasteiger partial charge is 0.335 e. The number of hydrogen-bond acceptors (Lipinski definition) is 3. The van der Waals surface area contributed by atoms with Crippen LogP contribution in [0.25, 0.3) is 6.08 Å². The van der Waals surface area contributed by atoms with Crippen LogP contribution in [0.5, 0.6) is 5.75 Å². The maximum absolute atomic E-state index is 13.0. The SMILES string of the molecule is O=C(O)c1ccc(/C=C2\CCc3cc(OCCc4ccc(F)cc4)ccc3C2=O)cc1. The lowest BCUT2D eigenvalue weighted by atomic mass is 9.86. The van der Waals surface area contributed by atoms with Crippen molar-refractivity contribution in [1.29, 1.82) is 0 Å². The van der Waals surface area contributed by atoms with Gasteiger partial charge in [-0.15, -0.1) is 0 Å². The molecule has 0 saturated carbocycles. The Kier molecular flexibility index (Phi) is 5.94. The van der Waals surface area contributed by atoms with Crippen molar-refractivity contribution < 1.29 is 23.8 Å². The number of rotatable bonds is 6. The molecule has 0 aromatic heterocycles. The van der Waals surface area contributed by atoms with E-state index in [-0.39, 0.29) is 17.2 Å². The zero-order chi connectivity index (χ0) is 21.8. The standard InChI is InChI=1S/C26H21FO4/c27-22-9-3-17(4-10-22)13-14-31-23-11-12-24-20(16-23)7-8-21(25(24)28)15-18-1-5-19(6-2-18)26(29)30/h1-6,9-12,15-16H,7-8,13-14H2,(H,29,30)/b21-15+. The van der Waals surface area contributed by atoms with Gasteiger partial charge in [0.15, 0.2) is 5.78 Å².